The summed E-state index contributed by atoms with van der Waals surface area (Å²) in [4.78, 5) is 8.45. The zero-order valence-electron chi connectivity index (χ0n) is 10.5. The van der Waals surface area contributed by atoms with Crippen molar-refractivity contribution in [3.63, 3.8) is 0 Å². The van der Waals surface area contributed by atoms with Crippen molar-refractivity contribution >= 4 is 5.82 Å². The summed E-state index contributed by atoms with van der Waals surface area (Å²) >= 11 is 0. The van der Waals surface area contributed by atoms with E-state index in [4.69, 9.17) is 5.73 Å². The van der Waals surface area contributed by atoms with Crippen LogP contribution in [0.5, 0.6) is 0 Å². The van der Waals surface area contributed by atoms with Crippen LogP contribution in [0.4, 0.5) is 5.82 Å². The third-order valence-electron chi connectivity index (χ3n) is 3.69. The van der Waals surface area contributed by atoms with Gasteiger partial charge in [-0.3, -0.25) is 0 Å². The van der Waals surface area contributed by atoms with Gasteiger partial charge in [0.25, 0.3) is 0 Å². The predicted octanol–water partition coefficient (Wildman–Crippen LogP) is 1.96. The predicted molar refractivity (Wildman–Crippen MR) is 69.8 cm³/mol. The van der Waals surface area contributed by atoms with Crippen LogP contribution in [0.15, 0.2) is 12.3 Å². The van der Waals surface area contributed by atoms with E-state index in [2.05, 4.69) is 15.3 Å². The molecule has 0 radical (unpaired) electrons. The molecule has 0 bridgehead atoms. The van der Waals surface area contributed by atoms with E-state index in [1.54, 1.807) is 6.20 Å². The molecule has 1 aliphatic carbocycles. The van der Waals surface area contributed by atoms with E-state index in [9.17, 15) is 0 Å². The first-order chi connectivity index (χ1) is 8.29. The minimum Gasteiger partial charge on any atom is -0.370 e. The average Bonchev–Trinajstić information content (AvgIpc) is 2.37. The van der Waals surface area contributed by atoms with Crippen LogP contribution in [0.3, 0.4) is 0 Å². The summed E-state index contributed by atoms with van der Waals surface area (Å²) in [5, 5.41) is 3.41. The largest absolute Gasteiger partial charge is 0.370 e. The fourth-order valence-electron chi connectivity index (χ4n) is 2.65. The Morgan fingerprint density at radius 2 is 2.12 bits per heavy atom. The second kappa shape index (κ2) is 5.96. The van der Waals surface area contributed by atoms with Crippen molar-refractivity contribution in [2.45, 2.75) is 32.6 Å². The van der Waals surface area contributed by atoms with Crippen LogP contribution in [0.25, 0.3) is 0 Å². The molecule has 0 spiro atoms. The topological polar surface area (TPSA) is 63.8 Å². The first-order valence-electron chi connectivity index (χ1n) is 6.53. The summed E-state index contributed by atoms with van der Waals surface area (Å²) in [7, 11) is 0. The van der Waals surface area contributed by atoms with Crippen molar-refractivity contribution in [1.29, 1.82) is 0 Å². The van der Waals surface area contributed by atoms with E-state index in [0.29, 0.717) is 11.8 Å². The van der Waals surface area contributed by atoms with E-state index in [-0.39, 0.29) is 0 Å². The molecule has 4 nitrogen and oxygen atoms in total. The van der Waals surface area contributed by atoms with Gasteiger partial charge in [-0.25, -0.2) is 9.97 Å². The van der Waals surface area contributed by atoms with Crippen LogP contribution in [-0.2, 0) is 0 Å². The highest BCUT2D eigenvalue weighted by Crippen LogP contribution is 2.29. The van der Waals surface area contributed by atoms with Crippen molar-refractivity contribution in [3.05, 3.63) is 18.1 Å². The lowest BCUT2D eigenvalue weighted by atomic mass is 9.79. The lowest BCUT2D eigenvalue weighted by molar-refractivity contribution is 0.255. The molecule has 1 fully saturated rings. The Morgan fingerprint density at radius 1 is 1.35 bits per heavy atom. The number of nitrogens with one attached hydrogen (secondary N) is 1. The minimum absolute atomic E-state index is 0.680. The van der Waals surface area contributed by atoms with Gasteiger partial charge in [0.2, 0.25) is 0 Å². The van der Waals surface area contributed by atoms with Crippen molar-refractivity contribution in [3.8, 4) is 0 Å². The molecular weight excluding hydrogens is 212 g/mol. The Balaban J connectivity index is 1.88. The van der Waals surface area contributed by atoms with E-state index in [0.717, 1.165) is 24.7 Å². The summed E-state index contributed by atoms with van der Waals surface area (Å²) in [6, 6.07) is 1.92. The van der Waals surface area contributed by atoms with Gasteiger partial charge in [-0.1, -0.05) is 12.8 Å². The smallest absolute Gasteiger partial charge is 0.129 e. The molecule has 3 N–H and O–H groups in total. The number of rotatable bonds is 4. The Kier molecular flexibility index (Phi) is 4.31. The van der Waals surface area contributed by atoms with Gasteiger partial charge in [0, 0.05) is 12.7 Å². The molecule has 17 heavy (non-hydrogen) atoms. The van der Waals surface area contributed by atoms with Crippen LogP contribution in [0.2, 0.25) is 0 Å². The maximum Gasteiger partial charge on any atom is 0.129 e. The van der Waals surface area contributed by atoms with Gasteiger partial charge >= 0.3 is 0 Å². The Bertz CT molecular complexity index is 353. The maximum atomic E-state index is 5.83. The van der Waals surface area contributed by atoms with Gasteiger partial charge in [0.05, 0.1) is 0 Å². The molecule has 0 amide bonds. The molecule has 2 atom stereocenters. The zero-order chi connectivity index (χ0) is 12.1. The standard InChI is InChI=1S/C13H22N4/c1-10-15-7-6-13(17-10)16-9-12-5-3-2-4-11(12)8-14/h6-7,11-12H,2-5,8-9,14H2,1H3,(H,15,16,17). The number of nitrogens with zero attached hydrogens (tertiary/aromatic N) is 2. The number of aromatic nitrogens is 2. The molecule has 1 aliphatic rings. The normalized spacial score (nSPS) is 24.6. The third kappa shape index (κ3) is 3.40. The number of anilines is 1. The molecule has 1 saturated carbocycles. The van der Waals surface area contributed by atoms with E-state index >= 15 is 0 Å². The van der Waals surface area contributed by atoms with Crippen molar-refractivity contribution < 1.29 is 0 Å². The molecule has 1 heterocycles. The van der Waals surface area contributed by atoms with Crippen molar-refractivity contribution in [1.82, 2.24) is 9.97 Å². The molecule has 1 aromatic heterocycles. The van der Waals surface area contributed by atoms with E-state index < -0.39 is 0 Å². The van der Waals surface area contributed by atoms with Gasteiger partial charge < -0.3 is 11.1 Å². The molecule has 0 saturated heterocycles. The number of hydrogen-bond donors (Lipinski definition) is 2. The van der Waals surface area contributed by atoms with Gasteiger partial charge in [0.15, 0.2) is 0 Å². The highest BCUT2D eigenvalue weighted by atomic mass is 15.0. The first-order valence-corrected chi connectivity index (χ1v) is 6.53. The summed E-state index contributed by atoms with van der Waals surface area (Å²) in [6.07, 6.45) is 7.05. The third-order valence-corrected chi connectivity index (χ3v) is 3.69. The summed E-state index contributed by atoms with van der Waals surface area (Å²) in [5.41, 5.74) is 5.83. The van der Waals surface area contributed by atoms with Crippen molar-refractivity contribution in [2.24, 2.45) is 17.6 Å². The molecule has 0 aliphatic heterocycles. The molecule has 1 aromatic rings. The van der Waals surface area contributed by atoms with Gasteiger partial charge in [0.1, 0.15) is 11.6 Å². The number of hydrogen-bond acceptors (Lipinski definition) is 4. The zero-order valence-corrected chi connectivity index (χ0v) is 10.5. The summed E-state index contributed by atoms with van der Waals surface area (Å²) < 4.78 is 0. The molecule has 2 unspecified atom stereocenters. The van der Waals surface area contributed by atoms with Gasteiger partial charge in [-0.05, 0) is 44.2 Å². The fraction of sp³-hybridized carbons (Fsp3) is 0.692. The Hall–Kier alpha value is -1.16. The lowest BCUT2D eigenvalue weighted by Gasteiger charge is -2.30. The summed E-state index contributed by atoms with van der Waals surface area (Å²) in [5.74, 6) is 3.12. The minimum atomic E-state index is 0.680. The monoisotopic (exact) mass is 234 g/mol. The molecule has 0 aromatic carbocycles. The maximum absolute atomic E-state index is 5.83. The Labute approximate surface area is 103 Å². The molecule has 4 heteroatoms. The van der Waals surface area contributed by atoms with E-state index in [1.165, 1.54) is 25.7 Å². The fourth-order valence-corrected chi connectivity index (χ4v) is 2.65. The first kappa shape index (κ1) is 12.3. The second-order valence-electron chi connectivity index (χ2n) is 4.91. The molecule has 2 rings (SSSR count). The lowest BCUT2D eigenvalue weighted by Crippen LogP contribution is -2.31. The van der Waals surface area contributed by atoms with Crippen molar-refractivity contribution in [2.75, 3.05) is 18.4 Å². The van der Waals surface area contributed by atoms with Gasteiger partial charge in [-0.2, -0.15) is 0 Å². The van der Waals surface area contributed by atoms with E-state index in [1.807, 2.05) is 13.0 Å². The molecular formula is C13H22N4. The Morgan fingerprint density at radius 3 is 2.82 bits per heavy atom. The highest BCUT2D eigenvalue weighted by molar-refractivity contribution is 5.32. The van der Waals surface area contributed by atoms with Crippen LogP contribution in [-0.4, -0.2) is 23.1 Å². The van der Waals surface area contributed by atoms with Crippen LogP contribution < -0.4 is 11.1 Å². The van der Waals surface area contributed by atoms with Crippen LogP contribution >= 0.6 is 0 Å². The second-order valence-corrected chi connectivity index (χ2v) is 4.91. The van der Waals surface area contributed by atoms with Crippen LogP contribution in [0, 0.1) is 18.8 Å². The SMILES string of the molecule is Cc1nccc(NCC2CCCCC2CN)n1. The number of nitrogens with two attached hydrogens (primary N) is 1. The van der Waals surface area contributed by atoms with Crippen LogP contribution in [0.1, 0.15) is 31.5 Å². The van der Waals surface area contributed by atoms with Gasteiger partial charge in [-0.15, -0.1) is 0 Å². The average molecular weight is 234 g/mol. The molecule has 94 valence electrons. The summed E-state index contributed by atoms with van der Waals surface area (Å²) in [6.45, 7) is 3.71. The number of aryl methyl sites for hydroxylation is 1. The quantitative estimate of drug-likeness (QED) is 0.836. The highest BCUT2D eigenvalue weighted by Gasteiger charge is 2.23.